The van der Waals surface area contributed by atoms with Crippen LogP contribution in [0.1, 0.15) is 16.8 Å². The number of carbonyl (C=O) groups is 1. The van der Waals surface area contributed by atoms with Crippen LogP contribution < -0.4 is 5.32 Å². The van der Waals surface area contributed by atoms with Crippen LogP contribution in [0.3, 0.4) is 0 Å². The van der Waals surface area contributed by atoms with Crippen LogP contribution in [-0.4, -0.2) is 40.7 Å². The minimum Gasteiger partial charge on any atom is -0.385 e. The number of hydrogen-bond acceptors (Lipinski definition) is 4. The molecule has 2 aromatic heterocycles. The maximum Gasteiger partial charge on any atom is 0.251 e. The first-order chi connectivity index (χ1) is 11.3. The number of methoxy groups -OCH3 is 1. The third-order valence-corrected chi connectivity index (χ3v) is 3.50. The molecule has 0 aliphatic heterocycles. The summed E-state index contributed by atoms with van der Waals surface area (Å²) in [4.78, 5) is 20.9. The Morgan fingerprint density at radius 3 is 3.04 bits per heavy atom. The highest BCUT2D eigenvalue weighted by Crippen LogP contribution is 2.17. The Kier molecular flexibility index (Phi) is 4.63. The molecule has 0 aliphatic rings. The van der Waals surface area contributed by atoms with Crippen LogP contribution in [0.4, 0.5) is 0 Å². The number of ether oxygens (including phenoxy) is 1. The van der Waals surface area contributed by atoms with Crippen molar-refractivity contribution in [1.29, 1.82) is 0 Å². The predicted molar refractivity (Wildman–Crippen MR) is 87.7 cm³/mol. The van der Waals surface area contributed by atoms with E-state index in [1.807, 2.05) is 34.9 Å². The van der Waals surface area contributed by atoms with E-state index in [2.05, 4.69) is 15.3 Å². The first-order valence-corrected chi connectivity index (χ1v) is 7.45. The number of benzene rings is 1. The van der Waals surface area contributed by atoms with Crippen molar-refractivity contribution < 1.29 is 9.53 Å². The molecule has 0 fully saturated rings. The monoisotopic (exact) mass is 310 g/mol. The number of nitrogens with one attached hydrogen (secondary N) is 1. The average Bonchev–Trinajstić information content (AvgIpc) is 3.03. The molecule has 0 radical (unpaired) electrons. The summed E-state index contributed by atoms with van der Waals surface area (Å²) in [7, 11) is 1.65. The normalized spacial score (nSPS) is 10.8. The number of carbonyl (C=O) groups excluding carboxylic acids is 1. The van der Waals surface area contributed by atoms with Gasteiger partial charge in [0, 0.05) is 37.7 Å². The molecule has 0 aliphatic carbocycles. The SMILES string of the molecule is COCCCNC(=O)c1cccc(-n2cnc3cccnc32)c1. The van der Waals surface area contributed by atoms with Gasteiger partial charge >= 0.3 is 0 Å². The number of amides is 1. The van der Waals surface area contributed by atoms with Crippen LogP contribution in [0.2, 0.25) is 0 Å². The van der Waals surface area contributed by atoms with Gasteiger partial charge in [-0.1, -0.05) is 6.07 Å². The molecule has 6 heteroatoms. The molecule has 118 valence electrons. The van der Waals surface area contributed by atoms with E-state index in [0.717, 1.165) is 23.3 Å². The lowest BCUT2D eigenvalue weighted by molar-refractivity contribution is 0.0948. The van der Waals surface area contributed by atoms with E-state index in [1.54, 1.807) is 25.7 Å². The van der Waals surface area contributed by atoms with Crippen LogP contribution in [0.25, 0.3) is 16.9 Å². The number of aromatic nitrogens is 3. The zero-order valence-corrected chi connectivity index (χ0v) is 12.9. The molecule has 3 aromatic rings. The van der Waals surface area contributed by atoms with Crippen molar-refractivity contribution in [3.8, 4) is 5.69 Å². The lowest BCUT2D eigenvalue weighted by atomic mass is 10.2. The number of pyridine rings is 1. The highest BCUT2D eigenvalue weighted by atomic mass is 16.5. The summed E-state index contributed by atoms with van der Waals surface area (Å²) in [5.41, 5.74) is 3.06. The quantitative estimate of drug-likeness (QED) is 0.709. The van der Waals surface area contributed by atoms with Crippen LogP contribution in [0, 0.1) is 0 Å². The minimum absolute atomic E-state index is 0.0969. The molecule has 0 atom stereocenters. The van der Waals surface area contributed by atoms with Crippen molar-refractivity contribution >= 4 is 17.1 Å². The molecule has 0 spiro atoms. The second-order valence-electron chi connectivity index (χ2n) is 5.11. The minimum atomic E-state index is -0.0969. The van der Waals surface area contributed by atoms with Crippen LogP contribution in [0.5, 0.6) is 0 Å². The Labute approximate surface area is 134 Å². The van der Waals surface area contributed by atoms with Crippen molar-refractivity contribution in [2.45, 2.75) is 6.42 Å². The van der Waals surface area contributed by atoms with Gasteiger partial charge in [-0.25, -0.2) is 9.97 Å². The topological polar surface area (TPSA) is 69.0 Å². The standard InChI is InChI=1S/C17H18N4O2/c1-23-10-4-9-19-17(22)13-5-2-6-14(11-13)21-12-20-15-7-3-8-18-16(15)21/h2-3,5-8,11-12H,4,9-10H2,1H3,(H,19,22). The van der Waals surface area contributed by atoms with E-state index in [0.29, 0.717) is 18.7 Å². The Balaban J connectivity index is 1.81. The fraction of sp³-hybridized carbons (Fsp3) is 0.235. The Morgan fingerprint density at radius 2 is 2.17 bits per heavy atom. The van der Waals surface area contributed by atoms with E-state index in [9.17, 15) is 4.79 Å². The van der Waals surface area contributed by atoms with E-state index in [4.69, 9.17) is 4.74 Å². The summed E-state index contributed by atoms with van der Waals surface area (Å²) >= 11 is 0. The zero-order valence-electron chi connectivity index (χ0n) is 12.9. The van der Waals surface area contributed by atoms with E-state index in [-0.39, 0.29) is 5.91 Å². The molecule has 0 unspecified atom stereocenters. The molecule has 0 saturated carbocycles. The number of rotatable bonds is 6. The van der Waals surface area contributed by atoms with E-state index < -0.39 is 0 Å². The summed E-state index contributed by atoms with van der Waals surface area (Å²) in [5.74, 6) is -0.0969. The molecule has 1 amide bonds. The van der Waals surface area contributed by atoms with Gasteiger partial charge in [0.2, 0.25) is 0 Å². The molecule has 23 heavy (non-hydrogen) atoms. The second-order valence-corrected chi connectivity index (χ2v) is 5.11. The number of nitrogens with zero attached hydrogens (tertiary/aromatic N) is 3. The zero-order chi connectivity index (χ0) is 16.1. The molecule has 3 rings (SSSR count). The van der Waals surface area contributed by atoms with Crippen LogP contribution >= 0.6 is 0 Å². The lowest BCUT2D eigenvalue weighted by Crippen LogP contribution is -2.25. The summed E-state index contributed by atoms with van der Waals surface area (Å²) in [6, 6.07) is 11.2. The van der Waals surface area contributed by atoms with Gasteiger partial charge in [0.05, 0.1) is 0 Å². The first-order valence-electron chi connectivity index (χ1n) is 7.45. The number of fused-ring (bicyclic) bond motifs is 1. The van der Waals surface area contributed by atoms with Gasteiger partial charge in [-0.2, -0.15) is 0 Å². The second kappa shape index (κ2) is 7.02. The number of hydrogen-bond donors (Lipinski definition) is 1. The highest BCUT2D eigenvalue weighted by molar-refractivity contribution is 5.94. The molecule has 1 aromatic carbocycles. The Hall–Kier alpha value is -2.73. The fourth-order valence-corrected chi connectivity index (χ4v) is 2.36. The van der Waals surface area contributed by atoms with Crippen molar-refractivity contribution in [2.75, 3.05) is 20.3 Å². The largest absolute Gasteiger partial charge is 0.385 e. The molecule has 0 bridgehead atoms. The van der Waals surface area contributed by atoms with Gasteiger partial charge in [-0.05, 0) is 36.8 Å². The predicted octanol–water partition coefficient (Wildman–Crippen LogP) is 2.19. The summed E-state index contributed by atoms with van der Waals surface area (Å²) in [6.45, 7) is 1.22. The highest BCUT2D eigenvalue weighted by Gasteiger charge is 2.09. The lowest BCUT2D eigenvalue weighted by Gasteiger charge is -2.08. The molecule has 2 heterocycles. The van der Waals surface area contributed by atoms with Gasteiger partial charge in [0.25, 0.3) is 5.91 Å². The molecular formula is C17H18N4O2. The smallest absolute Gasteiger partial charge is 0.251 e. The van der Waals surface area contributed by atoms with Gasteiger partial charge in [-0.3, -0.25) is 9.36 Å². The maximum atomic E-state index is 12.2. The number of imidazole rings is 1. The fourth-order valence-electron chi connectivity index (χ4n) is 2.36. The Bertz CT molecular complexity index is 813. The summed E-state index contributed by atoms with van der Waals surface area (Å²) in [5, 5.41) is 2.88. The first kappa shape index (κ1) is 15.2. The van der Waals surface area contributed by atoms with Crippen molar-refractivity contribution in [3.05, 3.63) is 54.5 Å². The van der Waals surface area contributed by atoms with Crippen LogP contribution in [-0.2, 0) is 4.74 Å². The van der Waals surface area contributed by atoms with Crippen LogP contribution in [0.15, 0.2) is 48.9 Å². The Morgan fingerprint density at radius 1 is 1.26 bits per heavy atom. The van der Waals surface area contributed by atoms with Crippen molar-refractivity contribution in [2.24, 2.45) is 0 Å². The summed E-state index contributed by atoms with van der Waals surface area (Å²) in [6.07, 6.45) is 4.23. The summed E-state index contributed by atoms with van der Waals surface area (Å²) < 4.78 is 6.84. The van der Waals surface area contributed by atoms with Gasteiger partial charge in [-0.15, -0.1) is 0 Å². The molecule has 0 saturated heterocycles. The van der Waals surface area contributed by atoms with Gasteiger partial charge < -0.3 is 10.1 Å². The molecular weight excluding hydrogens is 292 g/mol. The van der Waals surface area contributed by atoms with Gasteiger partial charge in [0.15, 0.2) is 5.65 Å². The third-order valence-electron chi connectivity index (χ3n) is 3.50. The average molecular weight is 310 g/mol. The molecule has 1 N–H and O–H groups in total. The van der Waals surface area contributed by atoms with E-state index >= 15 is 0 Å². The van der Waals surface area contributed by atoms with E-state index in [1.165, 1.54) is 0 Å². The van der Waals surface area contributed by atoms with Gasteiger partial charge in [0.1, 0.15) is 11.8 Å². The van der Waals surface area contributed by atoms with Crippen molar-refractivity contribution in [3.63, 3.8) is 0 Å². The third kappa shape index (κ3) is 3.37. The maximum absolute atomic E-state index is 12.2. The molecule has 6 nitrogen and oxygen atoms in total. The van der Waals surface area contributed by atoms with Crippen molar-refractivity contribution in [1.82, 2.24) is 19.9 Å².